The average molecular weight is 267 g/mol. The van der Waals surface area contributed by atoms with Crippen molar-refractivity contribution in [1.82, 2.24) is 5.06 Å². The Morgan fingerprint density at radius 2 is 1.89 bits per heavy atom. The molecule has 1 aromatic carbocycles. The van der Waals surface area contributed by atoms with E-state index in [-0.39, 0.29) is 0 Å². The van der Waals surface area contributed by atoms with Crippen molar-refractivity contribution in [2.24, 2.45) is 0 Å². The van der Waals surface area contributed by atoms with Gasteiger partial charge in [-0.25, -0.2) is 4.79 Å². The summed E-state index contributed by atoms with van der Waals surface area (Å²) in [6.07, 6.45) is -0.483. The summed E-state index contributed by atoms with van der Waals surface area (Å²) < 4.78 is 15.4. The molecule has 0 radical (unpaired) electrons. The van der Waals surface area contributed by atoms with E-state index in [0.29, 0.717) is 31.3 Å². The fourth-order valence-corrected chi connectivity index (χ4v) is 1.91. The molecule has 104 valence electrons. The molecule has 0 spiro atoms. The first-order valence-corrected chi connectivity index (χ1v) is 6.00. The van der Waals surface area contributed by atoms with Crippen LogP contribution in [0.4, 0.5) is 4.79 Å². The molecule has 0 N–H and O–H groups in total. The lowest BCUT2D eigenvalue weighted by Gasteiger charge is -2.27. The van der Waals surface area contributed by atoms with Crippen LogP contribution in [0.3, 0.4) is 0 Å². The highest BCUT2D eigenvalue weighted by atomic mass is 16.7. The molecule has 0 atom stereocenters. The van der Waals surface area contributed by atoms with Crippen molar-refractivity contribution in [2.45, 2.75) is 20.1 Å². The number of hydroxylamine groups is 2. The molecule has 0 bridgehead atoms. The maximum atomic E-state index is 11.6. The quantitative estimate of drug-likeness (QED) is 0.839. The Bertz CT molecular complexity index is 474. The van der Waals surface area contributed by atoms with Gasteiger partial charge in [0.05, 0.1) is 27.4 Å². The van der Waals surface area contributed by atoms with Crippen LogP contribution >= 0.6 is 0 Å². The van der Waals surface area contributed by atoms with Crippen molar-refractivity contribution in [3.05, 3.63) is 23.3 Å². The second-order valence-electron chi connectivity index (χ2n) is 3.98. The second kappa shape index (κ2) is 5.79. The van der Waals surface area contributed by atoms with E-state index in [1.165, 1.54) is 5.06 Å². The van der Waals surface area contributed by atoms with E-state index < -0.39 is 6.09 Å². The van der Waals surface area contributed by atoms with E-state index in [9.17, 15) is 4.79 Å². The van der Waals surface area contributed by atoms with Gasteiger partial charge in [-0.05, 0) is 30.2 Å². The molecule has 1 aromatic rings. The van der Waals surface area contributed by atoms with Crippen LogP contribution in [0.15, 0.2) is 12.1 Å². The Hall–Kier alpha value is -1.95. The molecule has 1 aliphatic rings. The van der Waals surface area contributed by atoms with E-state index in [1.807, 2.05) is 12.1 Å². The first kappa shape index (κ1) is 13.5. The minimum Gasteiger partial charge on any atom is -0.493 e. The molecular weight excluding hydrogens is 250 g/mol. The lowest BCUT2D eigenvalue weighted by atomic mass is 10.1. The van der Waals surface area contributed by atoms with Gasteiger partial charge in [0.2, 0.25) is 0 Å². The van der Waals surface area contributed by atoms with Gasteiger partial charge in [0, 0.05) is 0 Å². The first-order valence-electron chi connectivity index (χ1n) is 6.00. The molecule has 6 nitrogen and oxygen atoms in total. The maximum absolute atomic E-state index is 11.6. The zero-order valence-corrected chi connectivity index (χ0v) is 11.3. The van der Waals surface area contributed by atoms with Crippen molar-refractivity contribution in [3.8, 4) is 11.5 Å². The van der Waals surface area contributed by atoms with Gasteiger partial charge in [-0.2, -0.15) is 5.06 Å². The van der Waals surface area contributed by atoms with Crippen LogP contribution in [-0.2, 0) is 22.7 Å². The zero-order chi connectivity index (χ0) is 13.8. The van der Waals surface area contributed by atoms with Gasteiger partial charge in [-0.15, -0.1) is 0 Å². The predicted octanol–water partition coefficient (Wildman–Crippen LogP) is 2.11. The van der Waals surface area contributed by atoms with Gasteiger partial charge < -0.3 is 14.2 Å². The highest BCUT2D eigenvalue weighted by molar-refractivity contribution is 5.66. The van der Waals surface area contributed by atoms with Crippen LogP contribution in [0.2, 0.25) is 0 Å². The molecule has 0 aromatic heterocycles. The molecule has 0 saturated carbocycles. The fraction of sp³-hybridized carbons (Fsp3) is 0.462. The number of fused-ring (bicyclic) bond motifs is 1. The molecule has 0 saturated heterocycles. The van der Waals surface area contributed by atoms with E-state index in [0.717, 1.165) is 11.1 Å². The van der Waals surface area contributed by atoms with Crippen LogP contribution in [0.1, 0.15) is 18.1 Å². The molecule has 0 fully saturated rings. The van der Waals surface area contributed by atoms with Crippen molar-refractivity contribution in [3.63, 3.8) is 0 Å². The minimum atomic E-state index is -0.483. The minimum absolute atomic E-state index is 0.300. The maximum Gasteiger partial charge on any atom is 0.434 e. The van der Waals surface area contributed by atoms with E-state index in [1.54, 1.807) is 21.1 Å². The number of nitrogens with zero attached hydrogens (tertiary/aromatic N) is 1. The van der Waals surface area contributed by atoms with Crippen LogP contribution < -0.4 is 9.47 Å². The number of hydrogen-bond acceptors (Lipinski definition) is 5. The topological polar surface area (TPSA) is 57.2 Å². The summed E-state index contributed by atoms with van der Waals surface area (Å²) in [6, 6.07) is 3.71. The Morgan fingerprint density at radius 3 is 2.47 bits per heavy atom. The van der Waals surface area contributed by atoms with Gasteiger partial charge >= 0.3 is 6.09 Å². The zero-order valence-electron chi connectivity index (χ0n) is 11.3. The van der Waals surface area contributed by atoms with Crippen molar-refractivity contribution in [1.29, 1.82) is 0 Å². The highest BCUT2D eigenvalue weighted by Crippen LogP contribution is 2.33. The predicted molar refractivity (Wildman–Crippen MR) is 66.9 cm³/mol. The van der Waals surface area contributed by atoms with E-state index >= 15 is 0 Å². The third kappa shape index (κ3) is 2.73. The summed E-state index contributed by atoms with van der Waals surface area (Å²) in [6.45, 7) is 2.70. The Morgan fingerprint density at radius 1 is 1.26 bits per heavy atom. The number of amides is 1. The number of carbonyl (C=O) groups is 1. The summed E-state index contributed by atoms with van der Waals surface area (Å²) in [7, 11) is 3.16. The number of carbonyl (C=O) groups excluding carboxylic acids is 1. The number of hydrogen-bond donors (Lipinski definition) is 0. The SMILES string of the molecule is CCOC(=O)N1Cc2cc(OC)c(OC)cc2CO1. The lowest BCUT2D eigenvalue weighted by Crippen LogP contribution is -2.34. The molecule has 1 aliphatic heterocycles. The Balaban J connectivity index is 2.22. The number of ether oxygens (including phenoxy) is 3. The third-order valence-corrected chi connectivity index (χ3v) is 2.87. The monoisotopic (exact) mass is 267 g/mol. The van der Waals surface area contributed by atoms with Crippen LogP contribution in [0, 0.1) is 0 Å². The van der Waals surface area contributed by atoms with Crippen molar-refractivity contribution < 1.29 is 23.8 Å². The molecule has 6 heteroatoms. The number of benzene rings is 1. The van der Waals surface area contributed by atoms with E-state index in [4.69, 9.17) is 19.0 Å². The van der Waals surface area contributed by atoms with Crippen LogP contribution in [0.25, 0.3) is 0 Å². The molecule has 1 heterocycles. The van der Waals surface area contributed by atoms with Crippen LogP contribution in [0.5, 0.6) is 11.5 Å². The molecular formula is C13H17NO5. The molecule has 0 unspecified atom stereocenters. The Labute approximate surface area is 111 Å². The summed E-state index contributed by atoms with van der Waals surface area (Å²) >= 11 is 0. The largest absolute Gasteiger partial charge is 0.493 e. The van der Waals surface area contributed by atoms with Crippen LogP contribution in [-0.4, -0.2) is 32.0 Å². The average Bonchev–Trinajstić information content (AvgIpc) is 2.45. The van der Waals surface area contributed by atoms with Gasteiger partial charge in [0.25, 0.3) is 0 Å². The van der Waals surface area contributed by atoms with Crippen molar-refractivity contribution >= 4 is 6.09 Å². The highest BCUT2D eigenvalue weighted by Gasteiger charge is 2.24. The number of methoxy groups -OCH3 is 2. The normalized spacial score (nSPS) is 13.7. The third-order valence-electron chi connectivity index (χ3n) is 2.87. The number of rotatable bonds is 3. The second-order valence-corrected chi connectivity index (χ2v) is 3.98. The smallest absolute Gasteiger partial charge is 0.434 e. The standard InChI is InChI=1S/C13H17NO5/c1-4-18-13(15)14-7-9-5-11(16-2)12(17-3)6-10(9)8-19-14/h5-6H,4,7-8H2,1-3H3. The summed E-state index contributed by atoms with van der Waals surface area (Å²) in [5.74, 6) is 1.28. The first-order chi connectivity index (χ1) is 9.19. The van der Waals surface area contributed by atoms with Gasteiger partial charge in [0.15, 0.2) is 11.5 Å². The van der Waals surface area contributed by atoms with Gasteiger partial charge in [-0.3, -0.25) is 4.84 Å². The van der Waals surface area contributed by atoms with Gasteiger partial charge in [-0.1, -0.05) is 0 Å². The molecule has 0 aliphatic carbocycles. The molecule has 2 rings (SSSR count). The molecule has 19 heavy (non-hydrogen) atoms. The molecule has 1 amide bonds. The lowest BCUT2D eigenvalue weighted by molar-refractivity contribution is -0.162. The Kier molecular flexibility index (Phi) is 4.11. The van der Waals surface area contributed by atoms with E-state index in [2.05, 4.69) is 0 Å². The fourth-order valence-electron chi connectivity index (χ4n) is 1.91. The van der Waals surface area contributed by atoms with Crippen molar-refractivity contribution in [2.75, 3.05) is 20.8 Å². The van der Waals surface area contributed by atoms with Gasteiger partial charge in [0.1, 0.15) is 6.61 Å². The summed E-state index contributed by atoms with van der Waals surface area (Å²) in [5.41, 5.74) is 1.93. The summed E-state index contributed by atoms with van der Waals surface area (Å²) in [4.78, 5) is 17.0. The summed E-state index contributed by atoms with van der Waals surface area (Å²) in [5, 5.41) is 1.21.